The van der Waals surface area contributed by atoms with Crippen molar-refractivity contribution in [3.8, 4) is 11.5 Å². The van der Waals surface area contributed by atoms with Crippen molar-refractivity contribution in [1.82, 2.24) is 0 Å². The minimum atomic E-state index is -0.0937. The van der Waals surface area contributed by atoms with Gasteiger partial charge in [-0.15, -0.1) is 0 Å². The lowest BCUT2D eigenvalue weighted by atomic mass is 10.1. The van der Waals surface area contributed by atoms with Gasteiger partial charge in [0.1, 0.15) is 7.05 Å². The van der Waals surface area contributed by atoms with Crippen LogP contribution in [0.2, 0.25) is 0 Å². The summed E-state index contributed by atoms with van der Waals surface area (Å²) in [6.45, 7) is 5.99. The zero-order valence-electron chi connectivity index (χ0n) is 10.2. The summed E-state index contributed by atoms with van der Waals surface area (Å²) in [6.07, 6.45) is 1.50. The molecule has 0 fully saturated rings. The molecule has 2 N–H and O–H groups in total. The van der Waals surface area contributed by atoms with Crippen LogP contribution in [0.5, 0.6) is 11.5 Å². The molecule has 1 aromatic heterocycles. The maximum Gasteiger partial charge on any atom is 0.223 e. The molecule has 0 aliphatic heterocycles. The number of hydrogen-bond acceptors (Lipinski definition) is 2. The average molecular weight is 220 g/mol. The highest BCUT2D eigenvalue weighted by molar-refractivity contribution is 5.84. The summed E-state index contributed by atoms with van der Waals surface area (Å²) in [5.74, 6) is -0.151. The molecule has 0 atom stereocenters. The van der Waals surface area contributed by atoms with E-state index in [1.807, 2.05) is 40.0 Å². The van der Waals surface area contributed by atoms with E-state index in [-0.39, 0.29) is 11.5 Å². The van der Waals surface area contributed by atoms with E-state index < -0.39 is 0 Å². The van der Waals surface area contributed by atoms with Gasteiger partial charge in [0.05, 0.1) is 5.39 Å². The van der Waals surface area contributed by atoms with Crippen LogP contribution in [0, 0.1) is 6.92 Å². The van der Waals surface area contributed by atoms with Gasteiger partial charge in [-0.3, -0.25) is 0 Å². The summed E-state index contributed by atoms with van der Waals surface area (Å²) in [5, 5.41) is 19.7. The van der Waals surface area contributed by atoms with Crippen molar-refractivity contribution in [2.45, 2.75) is 20.8 Å². The minimum Gasteiger partial charge on any atom is -0.504 e. The molecule has 16 heavy (non-hydrogen) atoms. The highest BCUT2D eigenvalue weighted by Crippen LogP contribution is 2.30. The molecule has 0 amide bonds. The number of rotatable bonds is 0. The van der Waals surface area contributed by atoms with Crippen LogP contribution in [-0.2, 0) is 7.05 Å². The van der Waals surface area contributed by atoms with Gasteiger partial charge in [-0.1, -0.05) is 19.9 Å². The molecular weight excluding hydrogens is 202 g/mol. The molecule has 0 bridgehead atoms. The summed E-state index contributed by atoms with van der Waals surface area (Å²) in [7, 11) is 1.83. The summed E-state index contributed by atoms with van der Waals surface area (Å²) in [6, 6.07) is 5.68. The van der Waals surface area contributed by atoms with Crippen LogP contribution in [-0.4, -0.2) is 10.2 Å². The van der Waals surface area contributed by atoms with Crippen LogP contribution in [0.25, 0.3) is 10.9 Å². The van der Waals surface area contributed by atoms with Crippen LogP contribution in [0.4, 0.5) is 0 Å². The lowest BCUT2D eigenvalue weighted by molar-refractivity contribution is -0.645. The molecule has 3 heteroatoms. The first kappa shape index (κ1) is 12.3. The highest BCUT2D eigenvalue weighted by Gasteiger charge is 2.14. The number of fused-ring (bicyclic) bond motifs is 1. The predicted molar refractivity (Wildman–Crippen MR) is 64.5 cm³/mol. The second-order valence-electron chi connectivity index (χ2n) is 3.49. The quantitative estimate of drug-likeness (QED) is 0.670. The van der Waals surface area contributed by atoms with Gasteiger partial charge in [-0.2, -0.15) is 4.57 Å². The third-order valence-corrected chi connectivity index (χ3v) is 2.35. The zero-order chi connectivity index (χ0) is 12.3. The lowest BCUT2D eigenvalue weighted by Crippen LogP contribution is -2.28. The average Bonchev–Trinajstić information content (AvgIpc) is 2.29. The van der Waals surface area contributed by atoms with Gasteiger partial charge >= 0.3 is 0 Å². The van der Waals surface area contributed by atoms with E-state index in [0.29, 0.717) is 5.39 Å². The molecule has 86 valence electrons. The molecule has 1 heterocycles. The van der Waals surface area contributed by atoms with E-state index >= 15 is 0 Å². The number of aromatic hydroxyl groups is 2. The van der Waals surface area contributed by atoms with Crippen molar-refractivity contribution in [3.05, 3.63) is 30.0 Å². The topological polar surface area (TPSA) is 44.3 Å². The standard InChI is InChI=1S/C11H11NO2.C2H6/c1-7-3-4-8-9(5-7)12(2)6-10(13)11(8)14;1-2/h3-6,13H,1-2H3;1-2H3/p+1. The number of aryl methyl sites for hydroxylation is 2. The Morgan fingerprint density at radius 2 is 1.75 bits per heavy atom. The minimum absolute atomic E-state index is 0.0573. The molecule has 0 spiro atoms. The fourth-order valence-corrected chi connectivity index (χ4v) is 1.59. The summed E-state index contributed by atoms with van der Waals surface area (Å²) in [4.78, 5) is 0. The molecule has 0 unspecified atom stereocenters. The highest BCUT2D eigenvalue weighted by atomic mass is 16.3. The van der Waals surface area contributed by atoms with E-state index in [2.05, 4.69) is 0 Å². The number of nitrogens with zero attached hydrogens (tertiary/aromatic N) is 1. The van der Waals surface area contributed by atoms with Gasteiger partial charge in [-0.25, -0.2) is 0 Å². The molecule has 2 aromatic rings. The molecule has 0 aliphatic carbocycles. The zero-order valence-corrected chi connectivity index (χ0v) is 10.2. The van der Waals surface area contributed by atoms with Crippen molar-refractivity contribution >= 4 is 10.9 Å². The van der Waals surface area contributed by atoms with Crippen molar-refractivity contribution in [3.63, 3.8) is 0 Å². The van der Waals surface area contributed by atoms with E-state index in [1.165, 1.54) is 6.20 Å². The van der Waals surface area contributed by atoms with Gasteiger partial charge < -0.3 is 10.2 Å². The summed E-state index contributed by atoms with van der Waals surface area (Å²) < 4.78 is 1.79. The first-order chi connectivity index (χ1) is 7.59. The van der Waals surface area contributed by atoms with Crippen molar-refractivity contribution in [2.24, 2.45) is 7.05 Å². The number of benzene rings is 1. The van der Waals surface area contributed by atoms with Gasteiger partial charge in [0.2, 0.25) is 17.5 Å². The van der Waals surface area contributed by atoms with E-state index in [1.54, 1.807) is 10.6 Å². The molecular formula is C13H18NO2+. The van der Waals surface area contributed by atoms with Gasteiger partial charge in [0.15, 0.2) is 5.75 Å². The Bertz CT molecular complexity index is 507. The number of hydrogen-bond donors (Lipinski definition) is 2. The Morgan fingerprint density at radius 3 is 2.38 bits per heavy atom. The summed E-state index contributed by atoms with van der Waals surface area (Å²) >= 11 is 0. The molecule has 3 nitrogen and oxygen atoms in total. The second-order valence-corrected chi connectivity index (χ2v) is 3.49. The molecule has 0 saturated carbocycles. The molecule has 0 aliphatic rings. The summed E-state index contributed by atoms with van der Waals surface area (Å²) in [5.41, 5.74) is 2.03. The Kier molecular flexibility index (Phi) is 3.72. The van der Waals surface area contributed by atoms with E-state index in [9.17, 15) is 10.2 Å². The molecule has 2 rings (SSSR count). The number of aromatic nitrogens is 1. The first-order valence-corrected chi connectivity index (χ1v) is 5.40. The Balaban J connectivity index is 0.000000606. The SMILES string of the molecule is CC.Cc1ccc2c(O)c(O)c[n+](C)c2c1. The van der Waals surface area contributed by atoms with Gasteiger partial charge in [0.25, 0.3) is 0 Å². The van der Waals surface area contributed by atoms with Gasteiger partial charge in [-0.05, 0) is 18.6 Å². The van der Waals surface area contributed by atoms with E-state index in [0.717, 1.165) is 11.1 Å². The van der Waals surface area contributed by atoms with Crippen LogP contribution >= 0.6 is 0 Å². The predicted octanol–water partition coefficient (Wildman–Crippen LogP) is 2.41. The van der Waals surface area contributed by atoms with Crippen molar-refractivity contribution in [1.29, 1.82) is 0 Å². The first-order valence-electron chi connectivity index (χ1n) is 5.40. The molecule has 0 radical (unpaired) electrons. The van der Waals surface area contributed by atoms with Gasteiger partial charge in [0, 0.05) is 6.07 Å². The maximum absolute atomic E-state index is 9.61. The smallest absolute Gasteiger partial charge is 0.223 e. The number of pyridine rings is 1. The van der Waals surface area contributed by atoms with Crippen molar-refractivity contribution in [2.75, 3.05) is 0 Å². The van der Waals surface area contributed by atoms with Crippen LogP contribution in [0.3, 0.4) is 0 Å². The maximum atomic E-state index is 9.61. The third kappa shape index (κ3) is 2.08. The fraction of sp³-hybridized carbons (Fsp3) is 0.308. The normalized spacial score (nSPS) is 9.75. The van der Waals surface area contributed by atoms with Crippen molar-refractivity contribution < 1.29 is 14.8 Å². The molecule has 1 aromatic carbocycles. The van der Waals surface area contributed by atoms with Crippen LogP contribution < -0.4 is 4.57 Å². The van der Waals surface area contributed by atoms with E-state index in [4.69, 9.17) is 0 Å². The Morgan fingerprint density at radius 1 is 1.12 bits per heavy atom. The fourth-order valence-electron chi connectivity index (χ4n) is 1.59. The van der Waals surface area contributed by atoms with Crippen LogP contribution in [0.1, 0.15) is 19.4 Å². The molecule has 0 saturated heterocycles. The lowest BCUT2D eigenvalue weighted by Gasteiger charge is -2.02. The largest absolute Gasteiger partial charge is 0.504 e. The third-order valence-electron chi connectivity index (χ3n) is 2.35. The Labute approximate surface area is 95.6 Å². The second kappa shape index (κ2) is 4.84. The monoisotopic (exact) mass is 220 g/mol. The Hall–Kier alpha value is -1.77. The van der Waals surface area contributed by atoms with Crippen LogP contribution in [0.15, 0.2) is 24.4 Å².